The number of hydrogen-bond donors (Lipinski definition) is 3. The van der Waals surface area contributed by atoms with Gasteiger partial charge in [-0.05, 0) is 37.7 Å². The number of amides is 2. The molecule has 0 aromatic heterocycles. The summed E-state index contributed by atoms with van der Waals surface area (Å²) < 4.78 is 26.9. The van der Waals surface area contributed by atoms with Crippen molar-refractivity contribution in [1.29, 1.82) is 0 Å². The molecule has 6 heteroatoms. The van der Waals surface area contributed by atoms with Crippen LogP contribution in [0.4, 0.5) is 13.6 Å². The van der Waals surface area contributed by atoms with Crippen molar-refractivity contribution in [2.75, 3.05) is 13.2 Å². The normalized spacial score (nSPS) is 12.8. The fourth-order valence-corrected chi connectivity index (χ4v) is 2.63. The highest BCUT2D eigenvalue weighted by atomic mass is 19.2. The Hall–Kier alpha value is -1.69. The molecule has 23 heavy (non-hydrogen) atoms. The van der Waals surface area contributed by atoms with E-state index in [1.807, 2.05) is 13.8 Å². The zero-order valence-electron chi connectivity index (χ0n) is 14.0. The van der Waals surface area contributed by atoms with Crippen molar-refractivity contribution in [1.82, 2.24) is 10.6 Å². The predicted octanol–water partition coefficient (Wildman–Crippen LogP) is 3.51. The first-order valence-corrected chi connectivity index (χ1v) is 7.98. The van der Waals surface area contributed by atoms with Crippen LogP contribution in [0.15, 0.2) is 18.2 Å². The Labute approximate surface area is 136 Å². The minimum absolute atomic E-state index is 0.0654. The van der Waals surface area contributed by atoms with Gasteiger partial charge in [0.15, 0.2) is 11.6 Å². The number of urea groups is 1. The van der Waals surface area contributed by atoms with Crippen molar-refractivity contribution in [2.45, 2.75) is 46.1 Å². The number of aliphatic hydroxyl groups excluding tert-OH is 1. The smallest absolute Gasteiger partial charge is 0.315 e. The van der Waals surface area contributed by atoms with E-state index in [1.165, 1.54) is 12.1 Å². The zero-order valence-corrected chi connectivity index (χ0v) is 14.0. The molecule has 0 saturated carbocycles. The summed E-state index contributed by atoms with van der Waals surface area (Å²) in [6, 6.07) is 2.80. The SMILES string of the molecule is CCC(CC)(CCO)CNC(=O)NC(C)c1cccc(F)c1F. The minimum Gasteiger partial charge on any atom is -0.396 e. The summed E-state index contributed by atoms with van der Waals surface area (Å²) in [7, 11) is 0. The molecule has 0 aliphatic rings. The van der Waals surface area contributed by atoms with E-state index < -0.39 is 23.7 Å². The molecule has 1 aromatic rings. The Morgan fingerprint density at radius 2 is 1.96 bits per heavy atom. The fourth-order valence-electron chi connectivity index (χ4n) is 2.63. The predicted molar refractivity (Wildman–Crippen MR) is 86.0 cm³/mol. The summed E-state index contributed by atoms with van der Waals surface area (Å²) in [5, 5.41) is 14.5. The molecule has 1 unspecified atom stereocenters. The maximum atomic E-state index is 13.7. The lowest BCUT2D eigenvalue weighted by Crippen LogP contribution is -2.43. The van der Waals surface area contributed by atoms with Crippen molar-refractivity contribution >= 4 is 6.03 Å². The largest absolute Gasteiger partial charge is 0.396 e. The van der Waals surface area contributed by atoms with Gasteiger partial charge in [0.05, 0.1) is 6.04 Å². The number of halogens is 2. The number of hydrogen-bond acceptors (Lipinski definition) is 2. The van der Waals surface area contributed by atoms with Crippen LogP contribution in [0.2, 0.25) is 0 Å². The minimum atomic E-state index is -0.947. The first-order valence-electron chi connectivity index (χ1n) is 7.98. The van der Waals surface area contributed by atoms with Gasteiger partial charge in [0.25, 0.3) is 0 Å². The Kier molecular flexibility index (Phi) is 7.42. The van der Waals surface area contributed by atoms with E-state index in [1.54, 1.807) is 6.92 Å². The summed E-state index contributed by atoms with van der Waals surface area (Å²) in [6.45, 7) is 6.12. The molecule has 1 atom stereocenters. The lowest BCUT2D eigenvalue weighted by Gasteiger charge is -2.31. The third kappa shape index (κ3) is 5.16. The molecule has 0 spiro atoms. The average Bonchev–Trinajstić information content (AvgIpc) is 2.54. The molecule has 0 fully saturated rings. The van der Waals surface area contributed by atoms with Gasteiger partial charge in [-0.3, -0.25) is 0 Å². The highest BCUT2D eigenvalue weighted by Crippen LogP contribution is 2.29. The highest BCUT2D eigenvalue weighted by Gasteiger charge is 2.26. The summed E-state index contributed by atoms with van der Waals surface area (Å²) in [5.41, 5.74) is -0.0489. The van der Waals surface area contributed by atoms with Gasteiger partial charge in [0.1, 0.15) is 0 Å². The summed E-state index contributed by atoms with van der Waals surface area (Å²) in [4.78, 5) is 12.0. The van der Waals surface area contributed by atoms with Crippen LogP contribution in [0.3, 0.4) is 0 Å². The molecule has 130 valence electrons. The van der Waals surface area contributed by atoms with E-state index in [0.717, 1.165) is 18.9 Å². The van der Waals surface area contributed by atoms with Gasteiger partial charge < -0.3 is 15.7 Å². The van der Waals surface area contributed by atoms with Crippen LogP contribution in [-0.4, -0.2) is 24.3 Å². The quantitative estimate of drug-likeness (QED) is 0.684. The maximum absolute atomic E-state index is 13.7. The van der Waals surface area contributed by atoms with Gasteiger partial charge >= 0.3 is 6.03 Å². The lowest BCUT2D eigenvalue weighted by molar-refractivity contribution is 0.163. The van der Waals surface area contributed by atoms with Gasteiger partial charge in [0, 0.05) is 18.7 Å². The second kappa shape index (κ2) is 8.82. The number of carbonyl (C=O) groups excluding carboxylic acids is 1. The van der Waals surface area contributed by atoms with Gasteiger partial charge in [0.2, 0.25) is 0 Å². The topological polar surface area (TPSA) is 61.4 Å². The monoisotopic (exact) mass is 328 g/mol. The van der Waals surface area contributed by atoms with Gasteiger partial charge in [-0.15, -0.1) is 0 Å². The summed E-state index contributed by atoms with van der Waals surface area (Å²) in [5.74, 6) is -1.88. The second-order valence-electron chi connectivity index (χ2n) is 5.87. The van der Waals surface area contributed by atoms with Crippen LogP contribution in [-0.2, 0) is 0 Å². The van der Waals surface area contributed by atoms with Crippen molar-refractivity contribution < 1.29 is 18.7 Å². The number of aliphatic hydroxyl groups is 1. The zero-order chi connectivity index (χ0) is 17.5. The second-order valence-corrected chi connectivity index (χ2v) is 5.87. The van der Waals surface area contributed by atoms with Crippen LogP contribution >= 0.6 is 0 Å². The number of nitrogens with one attached hydrogen (secondary N) is 2. The third-order valence-electron chi connectivity index (χ3n) is 4.56. The van der Waals surface area contributed by atoms with Crippen LogP contribution in [0.5, 0.6) is 0 Å². The molecule has 0 aliphatic carbocycles. The maximum Gasteiger partial charge on any atom is 0.315 e. The number of rotatable bonds is 8. The molecular formula is C17H26F2N2O2. The fraction of sp³-hybridized carbons (Fsp3) is 0.588. The van der Waals surface area contributed by atoms with E-state index in [4.69, 9.17) is 0 Å². The number of carbonyl (C=O) groups is 1. The van der Waals surface area contributed by atoms with E-state index in [2.05, 4.69) is 10.6 Å². The van der Waals surface area contributed by atoms with Crippen molar-refractivity contribution in [3.8, 4) is 0 Å². The molecule has 1 rings (SSSR count). The number of benzene rings is 1. The van der Waals surface area contributed by atoms with Crippen LogP contribution in [0, 0.1) is 17.0 Å². The Balaban J connectivity index is 2.64. The van der Waals surface area contributed by atoms with Crippen LogP contribution < -0.4 is 10.6 Å². The lowest BCUT2D eigenvalue weighted by atomic mass is 9.79. The van der Waals surface area contributed by atoms with E-state index in [-0.39, 0.29) is 17.6 Å². The molecule has 0 aliphatic heterocycles. The Bertz CT molecular complexity index is 519. The molecular weight excluding hydrogens is 302 g/mol. The summed E-state index contributed by atoms with van der Waals surface area (Å²) in [6.07, 6.45) is 2.27. The van der Waals surface area contributed by atoms with Crippen LogP contribution in [0.25, 0.3) is 0 Å². The molecule has 4 nitrogen and oxygen atoms in total. The van der Waals surface area contributed by atoms with E-state index >= 15 is 0 Å². The van der Waals surface area contributed by atoms with Crippen molar-refractivity contribution in [3.63, 3.8) is 0 Å². The molecule has 0 bridgehead atoms. The Morgan fingerprint density at radius 3 is 2.52 bits per heavy atom. The highest BCUT2D eigenvalue weighted by molar-refractivity contribution is 5.74. The van der Waals surface area contributed by atoms with E-state index in [0.29, 0.717) is 13.0 Å². The molecule has 3 N–H and O–H groups in total. The van der Waals surface area contributed by atoms with Gasteiger partial charge in [-0.25, -0.2) is 13.6 Å². The molecule has 2 amide bonds. The molecule has 1 aromatic carbocycles. The van der Waals surface area contributed by atoms with Crippen molar-refractivity contribution in [3.05, 3.63) is 35.4 Å². The standard InChI is InChI=1S/C17H26F2N2O2/c1-4-17(5-2,9-10-22)11-20-16(23)21-12(3)13-7-6-8-14(18)15(13)19/h6-8,12,22H,4-5,9-11H2,1-3H3,(H2,20,21,23). The van der Waals surface area contributed by atoms with Gasteiger partial charge in [-0.1, -0.05) is 26.0 Å². The first kappa shape index (κ1) is 19.4. The molecule has 0 saturated heterocycles. The van der Waals surface area contributed by atoms with Crippen LogP contribution in [0.1, 0.15) is 51.6 Å². The molecule has 0 heterocycles. The summed E-state index contributed by atoms with van der Waals surface area (Å²) >= 11 is 0. The van der Waals surface area contributed by atoms with Gasteiger partial charge in [-0.2, -0.15) is 0 Å². The third-order valence-corrected chi connectivity index (χ3v) is 4.56. The molecule has 0 radical (unpaired) electrons. The van der Waals surface area contributed by atoms with Crippen molar-refractivity contribution in [2.24, 2.45) is 5.41 Å². The Morgan fingerprint density at radius 1 is 1.30 bits per heavy atom. The average molecular weight is 328 g/mol. The first-order chi connectivity index (χ1) is 10.9. The van der Waals surface area contributed by atoms with E-state index in [9.17, 15) is 18.7 Å².